The number of ether oxygens (including phenoxy) is 1. The van der Waals surface area contributed by atoms with Crippen molar-refractivity contribution < 1.29 is 23.9 Å². The molecule has 4 aromatic rings. The monoisotopic (exact) mass is 622 g/mol. The maximum atomic E-state index is 12.7. The Morgan fingerprint density at radius 3 is 1.87 bits per heavy atom. The first-order chi connectivity index (χ1) is 22.0. The Bertz CT molecular complexity index is 1670. The van der Waals surface area contributed by atoms with Gasteiger partial charge in [-0.1, -0.05) is 36.4 Å². The summed E-state index contributed by atoms with van der Waals surface area (Å²) in [5.41, 5.74) is 10.7. The van der Waals surface area contributed by atoms with Gasteiger partial charge in [-0.15, -0.1) is 0 Å². The number of anilines is 3. The molecule has 1 unspecified atom stereocenters. The molecule has 11 nitrogen and oxygen atoms in total. The van der Waals surface area contributed by atoms with Gasteiger partial charge in [-0.25, -0.2) is 9.59 Å². The number of amides is 3. The van der Waals surface area contributed by atoms with Crippen LogP contribution in [0.1, 0.15) is 64.2 Å². The summed E-state index contributed by atoms with van der Waals surface area (Å²) in [7, 11) is 1.33. The van der Waals surface area contributed by atoms with Gasteiger partial charge in [0.1, 0.15) is 11.6 Å². The summed E-state index contributed by atoms with van der Waals surface area (Å²) in [4.78, 5) is 46.3. The standard InChI is InChI=1S/C32H32N6O4.C3H6O/c1-20(22-11-13-24(14-12-22)30(39)35-19-21-7-9-25(10-8-21)31(40)42-2)36-27-5-3-4-6-28(27)38-32(41)37-26-17-15-23(16-18-26)29(33)34;1-3(2)4/h3-18,20,36H,19H2,1-2H3,(H3,33,34)(H,35,39)(H2,37,38,41);1-2H3. The highest BCUT2D eigenvalue weighted by molar-refractivity contribution is 6.02. The molecule has 0 saturated heterocycles. The van der Waals surface area contributed by atoms with E-state index in [9.17, 15) is 19.2 Å². The number of nitrogens with two attached hydrogens (primary N) is 1. The normalized spacial score (nSPS) is 10.7. The third-order valence-corrected chi connectivity index (χ3v) is 6.50. The number of carbonyl (C=O) groups is 4. The first-order valence-electron chi connectivity index (χ1n) is 14.4. The second-order valence-corrected chi connectivity index (χ2v) is 10.4. The van der Waals surface area contributed by atoms with Crippen molar-refractivity contribution in [3.63, 3.8) is 0 Å². The van der Waals surface area contributed by atoms with E-state index in [1.807, 2.05) is 37.3 Å². The minimum Gasteiger partial charge on any atom is -0.465 e. The molecular weight excluding hydrogens is 584 g/mol. The Morgan fingerprint density at radius 1 is 0.761 bits per heavy atom. The fourth-order valence-corrected chi connectivity index (χ4v) is 4.14. The number of benzene rings is 4. The number of rotatable bonds is 10. The molecule has 238 valence electrons. The van der Waals surface area contributed by atoms with Gasteiger partial charge in [-0.05, 0) is 92.6 Å². The molecule has 0 aliphatic carbocycles. The number of para-hydroxylation sites is 2. The van der Waals surface area contributed by atoms with Crippen molar-refractivity contribution in [2.24, 2.45) is 5.73 Å². The van der Waals surface area contributed by atoms with Crippen LogP contribution in [0.25, 0.3) is 0 Å². The molecule has 7 N–H and O–H groups in total. The third kappa shape index (κ3) is 10.6. The van der Waals surface area contributed by atoms with Crippen LogP contribution in [-0.2, 0) is 16.1 Å². The molecule has 0 aromatic heterocycles. The molecule has 46 heavy (non-hydrogen) atoms. The largest absolute Gasteiger partial charge is 0.465 e. The molecule has 4 rings (SSSR count). The molecule has 0 fully saturated rings. The average molecular weight is 623 g/mol. The molecule has 0 radical (unpaired) electrons. The van der Waals surface area contributed by atoms with E-state index in [2.05, 4.69) is 21.3 Å². The van der Waals surface area contributed by atoms with Gasteiger partial charge in [0.2, 0.25) is 0 Å². The maximum Gasteiger partial charge on any atom is 0.337 e. The summed E-state index contributed by atoms with van der Waals surface area (Å²) >= 11 is 0. The zero-order chi connectivity index (χ0) is 33.6. The number of hydrogen-bond acceptors (Lipinski definition) is 7. The first-order valence-corrected chi connectivity index (χ1v) is 14.4. The van der Waals surface area contributed by atoms with E-state index < -0.39 is 12.0 Å². The number of ketones is 1. The fourth-order valence-electron chi connectivity index (χ4n) is 4.14. The van der Waals surface area contributed by atoms with Crippen LogP contribution in [0.4, 0.5) is 21.9 Å². The molecule has 11 heteroatoms. The van der Waals surface area contributed by atoms with E-state index in [1.165, 1.54) is 21.0 Å². The highest BCUT2D eigenvalue weighted by Crippen LogP contribution is 2.27. The van der Waals surface area contributed by atoms with E-state index in [0.29, 0.717) is 34.6 Å². The lowest BCUT2D eigenvalue weighted by molar-refractivity contribution is -0.115. The van der Waals surface area contributed by atoms with Crippen molar-refractivity contribution in [3.8, 4) is 0 Å². The molecule has 0 saturated carbocycles. The Balaban J connectivity index is 0.00000136. The number of esters is 1. The van der Waals surface area contributed by atoms with Crippen molar-refractivity contribution in [2.45, 2.75) is 33.4 Å². The van der Waals surface area contributed by atoms with Crippen LogP contribution in [0.2, 0.25) is 0 Å². The second-order valence-electron chi connectivity index (χ2n) is 10.4. The first kappa shape index (κ1) is 34.5. The van der Waals surface area contributed by atoms with Crippen LogP contribution >= 0.6 is 0 Å². The molecular formula is C35H38N6O5. The lowest BCUT2D eigenvalue weighted by Crippen LogP contribution is -2.23. The van der Waals surface area contributed by atoms with Gasteiger partial charge in [0.15, 0.2) is 0 Å². The Morgan fingerprint density at radius 2 is 1.30 bits per heavy atom. The third-order valence-electron chi connectivity index (χ3n) is 6.50. The molecule has 0 heterocycles. The Labute approximate surface area is 268 Å². The predicted molar refractivity (Wildman–Crippen MR) is 180 cm³/mol. The smallest absolute Gasteiger partial charge is 0.337 e. The second kappa shape index (κ2) is 16.8. The zero-order valence-electron chi connectivity index (χ0n) is 26.1. The highest BCUT2D eigenvalue weighted by Gasteiger charge is 2.13. The zero-order valence-corrected chi connectivity index (χ0v) is 26.1. The molecule has 0 aliphatic heterocycles. The van der Waals surface area contributed by atoms with Gasteiger partial charge >= 0.3 is 12.0 Å². The lowest BCUT2D eigenvalue weighted by atomic mass is 10.0. The fraction of sp³-hybridized carbons (Fsp3) is 0.171. The van der Waals surface area contributed by atoms with Crippen molar-refractivity contribution in [3.05, 3.63) is 125 Å². The SMILES string of the molecule is CC(C)=O.COC(=O)c1ccc(CNC(=O)c2ccc(C(C)Nc3ccccc3NC(=O)Nc3ccc(C(=N)N)cc3)cc2)cc1. The minimum atomic E-state index is -0.415. The Kier molecular flexibility index (Phi) is 12.6. The number of amidine groups is 1. The molecule has 0 spiro atoms. The lowest BCUT2D eigenvalue weighted by Gasteiger charge is -2.19. The van der Waals surface area contributed by atoms with E-state index in [-0.39, 0.29) is 23.6 Å². The van der Waals surface area contributed by atoms with E-state index in [4.69, 9.17) is 15.9 Å². The summed E-state index contributed by atoms with van der Waals surface area (Å²) in [6.45, 7) is 5.36. The van der Waals surface area contributed by atoms with Gasteiger partial charge in [-0.2, -0.15) is 0 Å². The van der Waals surface area contributed by atoms with Crippen LogP contribution in [0, 0.1) is 5.41 Å². The summed E-state index contributed by atoms with van der Waals surface area (Å²) in [6.07, 6.45) is 0. The number of urea groups is 1. The summed E-state index contributed by atoms with van der Waals surface area (Å²) in [5.74, 6) is -0.497. The van der Waals surface area contributed by atoms with Gasteiger partial charge < -0.3 is 36.5 Å². The topological polar surface area (TPSA) is 176 Å². The number of nitrogen functional groups attached to an aromatic ring is 1. The maximum absolute atomic E-state index is 12.7. The van der Waals surface area contributed by atoms with Gasteiger partial charge in [0.05, 0.1) is 24.0 Å². The van der Waals surface area contributed by atoms with Crippen molar-refractivity contribution in [1.82, 2.24) is 5.32 Å². The molecule has 0 bridgehead atoms. The number of nitrogens with one attached hydrogen (secondary N) is 5. The van der Waals surface area contributed by atoms with Gasteiger partial charge in [0.25, 0.3) is 5.91 Å². The minimum absolute atomic E-state index is 0.0427. The summed E-state index contributed by atoms with van der Waals surface area (Å²) in [5, 5.41) is 19.4. The van der Waals surface area contributed by atoms with E-state index >= 15 is 0 Å². The van der Waals surface area contributed by atoms with Gasteiger partial charge in [-0.3, -0.25) is 10.2 Å². The van der Waals surface area contributed by atoms with Crippen molar-refractivity contribution >= 4 is 46.6 Å². The number of Topliss-reactive ketones (excluding diaryl/α,β-unsaturated/α-hetero) is 1. The number of hydrogen-bond donors (Lipinski definition) is 6. The predicted octanol–water partition coefficient (Wildman–Crippen LogP) is 6.10. The molecule has 3 amide bonds. The average Bonchev–Trinajstić information content (AvgIpc) is 3.04. The highest BCUT2D eigenvalue weighted by atomic mass is 16.5. The van der Waals surface area contributed by atoms with Crippen LogP contribution in [0.5, 0.6) is 0 Å². The molecule has 4 aromatic carbocycles. The van der Waals surface area contributed by atoms with Crippen molar-refractivity contribution in [1.29, 1.82) is 5.41 Å². The number of carbonyl (C=O) groups excluding carboxylic acids is 4. The van der Waals surface area contributed by atoms with Crippen LogP contribution < -0.4 is 27.0 Å². The van der Waals surface area contributed by atoms with Crippen molar-refractivity contribution in [2.75, 3.05) is 23.1 Å². The van der Waals surface area contributed by atoms with Crippen LogP contribution in [0.15, 0.2) is 97.1 Å². The van der Waals surface area contributed by atoms with Crippen LogP contribution in [0.3, 0.4) is 0 Å². The molecule has 0 aliphatic rings. The van der Waals surface area contributed by atoms with Gasteiger partial charge in [0, 0.05) is 29.4 Å². The van der Waals surface area contributed by atoms with E-state index in [1.54, 1.807) is 66.7 Å². The summed E-state index contributed by atoms with van der Waals surface area (Å²) in [6, 6.07) is 27.6. The van der Waals surface area contributed by atoms with E-state index in [0.717, 1.165) is 16.8 Å². The quantitative estimate of drug-likeness (QED) is 0.0703. The number of methoxy groups -OCH3 is 1. The Hall–Kier alpha value is -5.97. The molecule has 1 atom stereocenters. The van der Waals surface area contributed by atoms with Crippen LogP contribution in [-0.4, -0.2) is 36.6 Å². The summed E-state index contributed by atoms with van der Waals surface area (Å²) < 4.78 is 4.70.